The molecule has 0 radical (unpaired) electrons. The van der Waals surface area contributed by atoms with Gasteiger partial charge in [-0.3, -0.25) is 14.0 Å². The molecule has 1 saturated heterocycles. The number of imidazole rings is 1. The van der Waals surface area contributed by atoms with Crippen LogP contribution in [0.4, 0.5) is 4.39 Å². The van der Waals surface area contributed by atoms with E-state index < -0.39 is 12.1 Å². The van der Waals surface area contributed by atoms with E-state index in [-0.39, 0.29) is 5.91 Å². The van der Waals surface area contributed by atoms with Crippen molar-refractivity contribution in [1.82, 2.24) is 19.6 Å². The number of likely N-dealkylation sites (tertiary alicyclic amines) is 1. The molecule has 0 unspecified atom stereocenters. The number of aryl methyl sites for hydroxylation is 1. The summed E-state index contributed by atoms with van der Waals surface area (Å²) in [4.78, 5) is 31.8. The molecule has 4 aromatic rings. The first-order valence-corrected chi connectivity index (χ1v) is 12.7. The normalized spacial score (nSPS) is 15.1. The van der Waals surface area contributed by atoms with Gasteiger partial charge in [0.25, 0.3) is 5.91 Å². The van der Waals surface area contributed by atoms with Crippen LogP contribution in [-0.4, -0.2) is 59.0 Å². The highest BCUT2D eigenvalue weighted by Crippen LogP contribution is 2.34. The smallest absolute Gasteiger partial charge is 0.251 e. The minimum absolute atomic E-state index is 0.129. The molecule has 35 heavy (non-hydrogen) atoms. The molecule has 0 spiro atoms. The molecule has 3 heterocycles. The third-order valence-corrected chi connectivity index (χ3v) is 7.68. The number of alkyl halides is 1. The molecule has 9 heteroatoms. The Labute approximate surface area is 206 Å². The second-order valence-corrected chi connectivity index (χ2v) is 9.96. The molecular weight excluding hydrogens is 465 g/mol. The number of fused-ring (bicyclic) bond motifs is 3. The molecule has 2 amide bonds. The fraction of sp³-hybridized carbons (Fsp3) is 0.346. The minimum Gasteiger partial charge on any atom is -0.366 e. The van der Waals surface area contributed by atoms with Gasteiger partial charge in [-0.25, -0.2) is 9.37 Å². The second-order valence-electron chi connectivity index (χ2n) is 8.95. The summed E-state index contributed by atoms with van der Waals surface area (Å²) in [7, 11) is 1.61. The lowest BCUT2D eigenvalue weighted by Crippen LogP contribution is -2.35. The van der Waals surface area contributed by atoms with E-state index in [4.69, 9.17) is 10.7 Å². The molecule has 0 saturated carbocycles. The lowest BCUT2D eigenvalue weighted by molar-refractivity contribution is 0.0961. The van der Waals surface area contributed by atoms with Crippen LogP contribution in [0.3, 0.4) is 0 Å². The Balaban J connectivity index is 1.51. The van der Waals surface area contributed by atoms with Crippen LogP contribution in [0.2, 0.25) is 0 Å². The topological polar surface area (TPSA) is 92.7 Å². The summed E-state index contributed by atoms with van der Waals surface area (Å²) in [5.41, 5.74) is 10.5. The largest absolute Gasteiger partial charge is 0.366 e. The molecule has 1 fully saturated rings. The Hall–Kier alpha value is -3.30. The van der Waals surface area contributed by atoms with Gasteiger partial charge in [-0.15, -0.1) is 0 Å². The van der Waals surface area contributed by atoms with Crippen LogP contribution in [0.1, 0.15) is 45.7 Å². The van der Waals surface area contributed by atoms with E-state index in [1.54, 1.807) is 13.1 Å². The third kappa shape index (κ3) is 4.66. The maximum atomic E-state index is 13.5. The zero-order valence-corrected chi connectivity index (χ0v) is 20.4. The Morgan fingerprint density at radius 3 is 2.54 bits per heavy atom. The van der Waals surface area contributed by atoms with E-state index in [1.165, 1.54) is 11.3 Å². The second kappa shape index (κ2) is 9.75. The van der Waals surface area contributed by atoms with Crippen molar-refractivity contribution in [3.8, 4) is 11.3 Å². The van der Waals surface area contributed by atoms with Crippen LogP contribution in [-0.2, 0) is 6.42 Å². The monoisotopic (exact) mass is 493 g/mol. The molecule has 182 valence electrons. The summed E-state index contributed by atoms with van der Waals surface area (Å²) in [6.07, 6.45) is 2.26. The van der Waals surface area contributed by atoms with Crippen LogP contribution in [0.15, 0.2) is 42.5 Å². The molecule has 0 bridgehead atoms. The van der Waals surface area contributed by atoms with Crippen LogP contribution in [0.25, 0.3) is 26.4 Å². The van der Waals surface area contributed by atoms with E-state index in [0.717, 1.165) is 64.6 Å². The number of amides is 2. The number of nitrogens with one attached hydrogen (secondary N) is 1. The summed E-state index contributed by atoms with van der Waals surface area (Å²) in [5.74, 6) is -0.581. The van der Waals surface area contributed by atoms with Gasteiger partial charge in [-0.1, -0.05) is 23.5 Å². The summed E-state index contributed by atoms with van der Waals surface area (Å²) in [6.45, 7) is 2.50. The van der Waals surface area contributed by atoms with Gasteiger partial charge in [0.1, 0.15) is 6.17 Å². The number of hydrogen-bond donors (Lipinski definition) is 2. The average molecular weight is 494 g/mol. The lowest BCUT2D eigenvalue weighted by atomic mass is 10.0. The molecule has 1 aliphatic heterocycles. The predicted octanol–water partition coefficient (Wildman–Crippen LogP) is 4.04. The number of nitrogens with two attached hydrogens (primary N) is 1. The van der Waals surface area contributed by atoms with Crippen molar-refractivity contribution >= 4 is 38.3 Å². The standard InChI is InChI=1S/C26H28FN5O2S/c1-29-25(34)17-6-4-16(5-7-17)23-21(3-2-12-31-13-10-19(27)11-14-31)32-20-9-8-18(24(28)33)15-22(20)35-26(32)30-23/h4-9,15,19H,2-3,10-14H2,1H3,(H2,28,33)(H,29,34). The van der Waals surface area contributed by atoms with Crippen LogP contribution in [0.5, 0.6) is 0 Å². The number of rotatable bonds is 7. The van der Waals surface area contributed by atoms with E-state index in [2.05, 4.69) is 14.6 Å². The van der Waals surface area contributed by atoms with E-state index in [9.17, 15) is 14.0 Å². The Bertz CT molecular complexity index is 1390. The number of halogens is 1. The predicted molar refractivity (Wildman–Crippen MR) is 137 cm³/mol. The highest BCUT2D eigenvalue weighted by molar-refractivity contribution is 7.23. The zero-order chi connectivity index (χ0) is 24.5. The van der Waals surface area contributed by atoms with Gasteiger partial charge in [0.2, 0.25) is 5.91 Å². The molecule has 0 atom stereocenters. The number of aromatic nitrogens is 2. The van der Waals surface area contributed by atoms with Gasteiger partial charge < -0.3 is 16.0 Å². The maximum absolute atomic E-state index is 13.5. The first-order valence-electron chi connectivity index (χ1n) is 11.9. The fourth-order valence-electron chi connectivity index (χ4n) is 4.76. The molecule has 5 rings (SSSR count). The molecule has 2 aromatic heterocycles. The van der Waals surface area contributed by atoms with Gasteiger partial charge in [-0.2, -0.15) is 0 Å². The number of carbonyl (C=O) groups is 2. The minimum atomic E-state index is -0.674. The number of benzene rings is 2. The number of piperidine rings is 1. The van der Waals surface area contributed by atoms with Gasteiger partial charge in [0.15, 0.2) is 4.96 Å². The maximum Gasteiger partial charge on any atom is 0.251 e. The molecular formula is C26H28FN5O2S. The van der Waals surface area contributed by atoms with E-state index >= 15 is 0 Å². The summed E-state index contributed by atoms with van der Waals surface area (Å²) in [5, 5.41) is 2.65. The van der Waals surface area contributed by atoms with Crippen LogP contribution >= 0.6 is 11.3 Å². The van der Waals surface area contributed by atoms with Crippen molar-refractivity contribution in [1.29, 1.82) is 0 Å². The van der Waals surface area contributed by atoms with Crippen LogP contribution < -0.4 is 11.1 Å². The van der Waals surface area contributed by atoms with Crippen molar-refractivity contribution in [3.05, 3.63) is 59.3 Å². The molecule has 0 aliphatic carbocycles. The summed E-state index contributed by atoms with van der Waals surface area (Å²) >= 11 is 1.52. The fourth-order valence-corrected chi connectivity index (χ4v) is 5.84. The van der Waals surface area contributed by atoms with E-state index in [1.807, 2.05) is 36.4 Å². The van der Waals surface area contributed by atoms with Crippen molar-refractivity contribution in [2.45, 2.75) is 31.9 Å². The lowest BCUT2D eigenvalue weighted by Gasteiger charge is -2.28. The van der Waals surface area contributed by atoms with Crippen molar-refractivity contribution in [2.75, 3.05) is 26.7 Å². The molecule has 3 N–H and O–H groups in total. The van der Waals surface area contributed by atoms with E-state index in [0.29, 0.717) is 24.0 Å². The zero-order valence-electron chi connectivity index (χ0n) is 19.6. The SMILES string of the molecule is CNC(=O)c1ccc(-c2nc3sc4cc(C(N)=O)ccc4n3c2CCCN2CCC(F)CC2)cc1. The number of nitrogens with zero attached hydrogens (tertiary/aromatic N) is 3. The molecule has 1 aliphatic rings. The Morgan fingerprint density at radius 2 is 1.86 bits per heavy atom. The number of carbonyl (C=O) groups excluding carboxylic acids is 2. The molecule has 7 nitrogen and oxygen atoms in total. The van der Waals surface area contributed by atoms with Crippen molar-refractivity contribution in [2.24, 2.45) is 5.73 Å². The number of thiazole rings is 1. The molecule has 2 aromatic carbocycles. The summed E-state index contributed by atoms with van der Waals surface area (Å²) < 4.78 is 16.6. The van der Waals surface area contributed by atoms with Crippen molar-refractivity contribution < 1.29 is 14.0 Å². The highest BCUT2D eigenvalue weighted by atomic mass is 32.1. The van der Waals surface area contributed by atoms with Crippen molar-refractivity contribution in [3.63, 3.8) is 0 Å². The van der Waals surface area contributed by atoms with Gasteiger partial charge >= 0.3 is 0 Å². The first-order chi connectivity index (χ1) is 16.9. The Kier molecular flexibility index (Phi) is 6.53. The number of hydrogen-bond acceptors (Lipinski definition) is 5. The highest BCUT2D eigenvalue weighted by Gasteiger charge is 2.21. The summed E-state index contributed by atoms with van der Waals surface area (Å²) in [6, 6.07) is 13.0. The van der Waals surface area contributed by atoms with Crippen LogP contribution in [0, 0.1) is 0 Å². The number of primary amides is 1. The van der Waals surface area contributed by atoms with Gasteiger partial charge in [-0.05, 0) is 62.6 Å². The van der Waals surface area contributed by atoms with Gasteiger partial charge in [0, 0.05) is 36.8 Å². The quantitative estimate of drug-likeness (QED) is 0.406. The third-order valence-electron chi connectivity index (χ3n) is 6.68. The first kappa shape index (κ1) is 23.4. The van der Waals surface area contributed by atoms with Gasteiger partial charge in [0.05, 0.1) is 21.6 Å². The average Bonchev–Trinajstić information content (AvgIpc) is 3.40. The Morgan fingerprint density at radius 1 is 1.14 bits per heavy atom.